The van der Waals surface area contributed by atoms with Crippen LogP contribution in [0.5, 0.6) is 5.75 Å². The van der Waals surface area contributed by atoms with Crippen molar-refractivity contribution in [1.82, 2.24) is 4.90 Å². The van der Waals surface area contributed by atoms with Crippen LogP contribution < -0.4 is 0 Å². The van der Waals surface area contributed by atoms with Gasteiger partial charge in [-0.2, -0.15) is 0 Å². The van der Waals surface area contributed by atoms with Crippen molar-refractivity contribution < 1.29 is 14.6 Å². The van der Waals surface area contributed by atoms with Crippen LogP contribution in [0.25, 0.3) is 0 Å². The smallest absolute Gasteiger partial charge is 0.338 e. The first-order valence-corrected chi connectivity index (χ1v) is 12.7. The number of phenols is 1. The van der Waals surface area contributed by atoms with Crippen LogP contribution in [0.3, 0.4) is 0 Å². The van der Waals surface area contributed by atoms with Crippen LogP contribution in [0.15, 0.2) is 78.9 Å². The lowest BCUT2D eigenvalue weighted by atomic mass is 9.85. The van der Waals surface area contributed by atoms with E-state index in [-0.39, 0.29) is 24.2 Å². The lowest BCUT2D eigenvalue weighted by Gasteiger charge is -2.30. The third-order valence-corrected chi connectivity index (χ3v) is 6.53. The molecule has 0 bridgehead atoms. The summed E-state index contributed by atoms with van der Waals surface area (Å²) in [5.41, 5.74) is 3.47. The summed E-state index contributed by atoms with van der Waals surface area (Å²) in [5.74, 6) is 0.00944. The fourth-order valence-corrected chi connectivity index (χ4v) is 4.72. The van der Waals surface area contributed by atoms with Crippen molar-refractivity contribution in [2.24, 2.45) is 0 Å². The van der Waals surface area contributed by atoms with Crippen molar-refractivity contribution in [3.63, 3.8) is 0 Å². The Morgan fingerprint density at radius 3 is 2.11 bits per heavy atom. The molecule has 35 heavy (non-hydrogen) atoms. The number of phenolic OH excluding ortho intramolecular Hbond substituents is 1. The molecule has 3 aromatic carbocycles. The average Bonchev–Trinajstić information content (AvgIpc) is 2.86. The second-order valence-corrected chi connectivity index (χ2v) is 9.72. The fraction of sp³-hybridized carbons (Fsp3) is 0.387. The van der Waals surface area contributed by atoms with E-state index in [0.717, 1.165) is 36.9 Å². The first-order chi connectivity index (χ1) is 16.9. The Kier molecular flexibility index (Phi) is 9.92. The van der Waals surface area contributed by atoms with E-state index in [1.807, 2.05) is 48.5 Å². The quantitative estimate of drug-likeness (QED) is 0.224. The molecule has 0 radical (unpaired) electrons. The summed E-state index contributed by atoms with van der Waals surface area (Å²) in [6.45, 7) is 10.2. The molecule has 0 amide bonds. The Morgan fingerprint density at radius 1 is 0.857 bits per heavy atom. The third kappa shape index (κ3) is 7.69. The first-order valence-electron chi connectivity index (χ1n) is 12.7. The highest BCUT2D eigenvalue weighted by molar-refractivity contribution is 5.89. The van der Waals surface area contributed by atoms with Gasteiger partial charge in [-0.25, -0.2) is 4.79 Å². The van der Waals surface area contributed by atoms with Gasteiger partial charge in [0.1, 0.15) is 12.4 Å². The van der Waals surface area contributed by atoms with Crippen LogP contribution in [0, 0.1) is 0 Å². The maximum absolute atomic E-state index is 12.4. The summed E-state index contributed by atoms with van der Waals surface area (Å²) in [4.78, 5) is 14.9. The third-order valence-electron chi connectivity index (χ3n) is 6.53. The van der Waals surface area contributed by atoms with Crippen molar-refractivity contribution in [3.05, 3.63) is 101 Å². The molecule has 0 aliphatic heterocycles. The van der Waals surface area contributed by atoms with E-state index in [4.69, 9.17) is 4.74 Å². The molecular formula is C31H39NO3. The molecule has 4 nitrogen and oxygen atoms in total. The van der Waals surface area contributed by atoms with Crippen LogP contribution >= 0.6 is 0 Å². The molecule has 0 aliphatic carbocycles. The maximum Gasteiger partial charge on any atom is 0.338 e. The number of carbonyl (C=O) groups is 1. The van der Waals surface area contributed by atoms with Crippen molar-refractivity contribution in [3.8, 4) is 5.75 Å². The van der Waals surface area contributed by atoms with Gasteiger partial charge in [-0.15, -0.1) is 0 Å². The Balaban J connectivity index is 1.73. The average molecular weight is 474 g/mol. The van der Waals surface area contributed by atoms with Crippen molar-refractivity contribution >= 4 is 5.97 Å². The number of hydrogen-bond acceptors (Lipinski definition) is 4. The van der Waals surface area contributed by atoms with E-state index in [0.29, 0.717) is 17.6 Å². The molecule has 186 valence electrons. The van der Waals surface area contributed by atoms with Crippen LogP contribution in [0.2, 0.25) is 0 Å². The molecule has 3 rings (SSSR count). The molecule has 0 aromatic heterocycles. The highest BCUT2D eigenvalue weighted by Crippen LogP contribution is 2.36. The van der Waals surface area contributed by atoms with E-state index < -0.39 is 0 Å². The van der Waals surface area contributed by atoms with Gasteiger partial charge in [0.25, 0.3) is 0 Å². The zero-order valence-corrected chi connectivity index (χ0v) is 21.5. The number of nitrogens with zero attached hydrogens (tertiary/aromatic N) is 1. The summed E-state index contributed by atoms with van der Waals surface area (Å²) in [5, 5.41) is 10.8. The highest BCUT2D eigenvalue weighted by Gasteiger charge is 2.19. The predicted octanol–water partition coefficient (Wildman–Crippen LogP) is 7.17. The van der Waals surface area contributed by atoms with Crippen molar-refractivity contribution in [1.29, 1.82) is 0 Å². The van der Waals surface area contributed by atoms with Crippen LogP contribution in [0.1, 0.15) is 79.9 Å². The van der Waals surface area contributed by atoms with Gasteiger partial charge in [0.2, 0.25) is 0 Å². The Hall–Kier alpha value is -3.11. The minimum Gasteiger partial charge on any atom is -0.508 e. The summed E-state index contributed by atoms with van der Waals surface area (Å²) in [6, 6.07) is 25.9. The van der Waals surface area contributed by atoms with Gasteiger partial charge in [-0.3, -0.25) is 4.90 Å². The summed E-state index contributed by atoms with van der Waals surface area (Å²) in [7, 11) is 0. The van der Waals surface area contributed by atoms with Crippen LogP contribution in [0.4, 0.5) is 0 Å². The summed E-state index contributed by atoms with van der Waals surface area (Å²) < 4.78 is 5.54. The van der Waals surface area contributed by atoms with E-state index in [2.05, 4.69) is 44.7 Å². The molecule has 0 aliphatic rings. The molecule has 3 aromatic rings. The van der Waals surface area contributed by atoms with Crippen molar-refractivity contribution in [2.45, 2.75) is 71.6 Å². The standard InChI is InChI=1S/C31H39NO3/c1-23(2)32(24(3)4)20-12-11-17-28(26-13-7-5-8-14-26)29-21-25(18-19-30(29)33)22-35-31(34)27-15-9-6-10-16-27/h5-10,13-16,18-19,21,23-24,28,33H,11-12,17,20,22H2,1-4H3. The topological polar surface area (TPSA) is 49.8 Å². The fourth-order valence-electron chi connectivity index (χ4n) is 4.72. The Morgan fingerprint density at radius 2 is 1.49 bits per heavy atom. The van der Waals surface area contributed by atoms with E-state index >= 15 is 0 Å². The van der Waals surface area contributed by atoms with Crippen molar-refractivity contribution in [2.75, 3.05) is 6.54 Å². The first kappa shape index (κ1) is 26.5. The number of unbranched alkanes of at least 4 members (excludes halogenated alkanes) is 1. The predicted molar refractivity (Wildman–Crippen MR) is 143 cm³/mol. The number of aromatic hydroxyl groups is 1. The Labute approximate surface area is 210 Å². The SMILES string of the molecule is CC(C)N(CCCCC(c1ccccc1)c1cc(COC(=O)c2ccccc2)ccc1O)C(C)C. The normalized spacial score (nSPS) is 12.3. The molecule has 1 atom stereocenters. The Bertz CT molecular complexity index is 1040. The minimum absolute atomic E-state index is 0.0764. The lowest BCUT2D eigenvalue weighted by Crippen LogP contribution is -2.37. The van der Waals surface area contributed by atoms with Crippen LogP contribution in [-0.4, -0.2) is 34.6 Å². The van der Waals surface area contributed by atoms with Gasteiger partial charge < -0.3 is 9.84 Å². The van der Waals surface area contributed by atoms with Gasteiger partial charge >= 0.3 is 5.97 Å². The number of esters is 1. The number of hydrogen-bond donors (Lipinski definition) is 1. The number of benzene rings is 3. The summed E-state index contributed by atoms with van der Waals surface area (Å²) >= 11 is 0. The molecular weight excluding hydrogens is 434 g/mol. The molecule has 0 spiro atoms. The van der Waals surface area contributed by atoms with E-state index in [1.165, 1.54) is 5.56 Å². The highest BCUT2D eigenvalue weighted by atomic mass is 16.5. The lowest BCUT2D eigenvalue weighted by molar-refractivity contribution is 0.0472. The zero-order chi connectivity index (χ0) is 25.2. The second kappa shape index (κ2) is 13.1. The van der Waals surface area contributed by atoms with Crippen LogP contribution in [-0.2, 0) is 11.3 Å². The second-order valence-electron chi connectivity index (χ2n) is 9.72. The van der Waals surface area contributed by atoms with Gasteiger partial charge in [0, 0.05) is 23.6 Å². The molecule has 4 heteroatoms. The van der Waals surface area contributed by atoms with E-state index in [1.54, 1.807) is 18.2 Å². The largest absolute Gasteiger partial charge is 0.508 e. The summed E-state index contributed by atoms with van der Waals surface area (Å²) in [6.07, 6.45) is 3.10. The molecule has 1 unspecified atom stereocenters. The number of carbonyl (C=O) groups excluding carboxylic acids is 1. The molecule has 0 fully saturated rings. The molecule has 0 heterocycles. The molecule has 0 saturated carbocycles. The maximum atomic E-state index is 12.4. The molecule has 1 N–H and O–H groups in total. The van der Waals surface area contributed by atoms with Gasteiger partial charge in [-0.05, 0) is 82.5 Å². The number of rotatable bonds is 12. The van der Waals surface area contributed by atoms with Gasteiger partial charge in [0.05, 0.1) is 5.56 Å². The van der Waals surface area contributed by atoms with E-state index in [9.17, 15) is 9.90 Å². The van der Waals surface area contributed by atoms with Gasteiger partial charge in [-0.1, -0.05) is 61.0 Å². The monoisotopic (exact) mass is 473 g/mol. The molecule has 0 saturated heterocycles. The minimum atomic E-state index is -0.348. The zero-order valence-electron chi connectivity index (χ0n) is 21.5. The van der Waals surface area contributed by atoms with Gasteiger partial charge in [0.15, 0.2) is 0 Å². The number of ether oxygens (including phenoxy) is 1.